The Morgan fingerprint density at radius 3 is 2.88 bits per heavy atom. The van der Waals surface area contributed by atoms with Crippen LogP contribution >= 0.6 is 11.8 Å². The first-order chi connectivity index (χ1) is 12.8. The topological polar surface area (TPSA) is 86.9 Å². The van der Waals surface area contributed by atoms with Crippen molar-refractivity contribution in [3.63, 3.8) is 0 Å². The second-order valence-electron chi connectivity index (χ2n) is 5.38. The molecule has 0 amide bonds. The molecule has 26 heavy (non-hydrogen) atoms. The number of benzene rings is 1. The van der Waals surface area contributed by atoms with Crippen molar-refractivity contribution >= 4 is 22.7 Å². The molecule has 0 aliphatic carbocycles. The van der Waals surface area contributed by atoms with Crippen molar-refractivity contribution in [2.45, 2.75) is 17.5 Å². The van der Waals surface area contributed by atoms with Crippen LogP contribution in [0.5, 0.6) is 0 Å². The number of furan rings is 1. The van der Waals surface area contributed by atoms with Crippen molar-refractivity contribution in [1.29, 1.82) is 0 Å². The van der Waals surface area contributed by atoms with Gasteiger partial charge in [0.25, 0.3) is 11.4 Å². The zero-order valence-electron chi connectivity index (χ0n) is 13.7. The first-order valence-corrected chi connectivity index (χ1v) is 8.84. The highest BCUT2D eigenvalue weighted by Crippen LogP contribution is 2.24. The van der Waals surface area contributed by atoms with E-state index in [1.165, 1.54) is 11.8 Å². The molecule has 0 aliphatic heterocycles. The van der Waals surface area contributed by atoms with E-state index in [0.717, 1.165) is 0 Å². The van der Waals surface area contributed by atoms with Gasteiger partial charge in [-0.05, 0) is 24.3 Å². The van der Waals surface area contributed by atoms with Crippen molar-refractivity contribution in [2.24, 2.45) is 0 Å². The lowest BCUT2D eigenvalue weighted by atomic mass is 10.2. The van der Waals surface area contributed by atoms with Crippen molar-refractivity contribution in [3.8, 4) is 11.7 Å². The number of thioether (sulfide) groups is 1. The summed E-state index contributed by atoms with van der Waals surface area (Å²) >= 11 is 1.36. The van der Waals surface area contributed by atoms with E-state index < -0.39 is 0 Å². The number of aromatic nitrogens is 4. The second-order valence-corrected chi connectivity index (χ2v) is 6.33. The lowest BCUT2D eigenvalue weighted by molar-refractivity contribution is 0.494. The smallest absolute Gasteiger partial charge is 0.283 e. The van der Waals surface area contributed by atoms with Crippen LogP contribution in [0.2, 0.25) is 0 Å². The molecule has 4 aromatic rings. The second kappa shape index (κ2) is 7.01. The van der Waals surface area contributed by atoms with Crippen LogP contribution in [0, 0.1) is 0 Å². The van der Waals surface area contributed by atoms with Gasteiger partial charge in [0.1, 0.15) is 0 Å². The molecule has 3 aromatic heterocycles. The average molecular weight is 366 g/mol. The van der Waals surface area contributed by atoms with E-state index in [-0.39, 0.29) is 5.56 Å². The van der Waals surface area contributed by atoms with E-state index in [2.05, 4.69) is 21.8 Å². The Kier molecular flexibility index (Phi) is 4.40. The monoisotopic (exact) mass is 366 g/mol. The van der Waals surface area contributed by atoms with Crippen molar-refractivity contribution in [1.82, 2.24) is 19.7 Å². The first kappa shape index (κ1) is 16.3. The molecule has 0 atom stereocenters. The maximum Gasteiger partial charge on any atom is 0.283 e. The Bertz CT molecular complexity index is 1120. The summed E-state index contributed by atoms with van der Waals surface area (Å²) in [5, 5.41) is 9.14. The molecule has 7 nitrogen and oxygen atoms in total. The summed E-state index contributed by atoms with van der Waals surface area (Å²) < 4.78 is 12.4. The molecule has 0 unspecified atom stereocenters. The van der Waals surface area contributed by atoms with Gasteiger partial charge in [0.15, 0.2) is 10.9 Å². The molecule has 8 heteroatoms. The van der Waals surface area contributed by atoms with Crippen LogP contribution in [-0.4, -0.2) is 19.7 Å². The third kappa shape index (κ3) is 3.06. The van der Waals surface area contributed by atoms with E-state index in [0.29, 0.717) is 45.9 Å². The van der Waals surface area contributed by atoms with Gasteiger partial charge < -0.3 is 8.83 Å². The van der Waals surface area contributed by atoms with Crippen LogP contribution in [0.1, 0.15) is 5.89 Å². The number of allylic oxidation sites excluding steroid dienone is 1. The van der Waals surface area contributed by atoms with Gasteiger partial charge in [-0.15, -0.1) is 16.8 Å². The Morgan fingerprint density at radius 1 is 1.19 bits per heavy atom. The zero-order valence-corrected chi connectivity index (χ0v) is 14.5. The molecule has 130 valence electrons. The van der Waals surface area contributed by atoms with Crippen LogP contribution in [0.25, 0.3) is 22.6 Å². The van der Waals surface area contributed by atoms with Gasteiger partial charge in [-0.2, -0.15) is 0 Å². The summed E-state index contributed by atoms with van der Waals surface area (Å²) in [5.41, 5.74) is 0.557. The van der Waals surface area contributed by atoms with E-state index in [1.54, 1.807) is 35.1 Å². The summed E-state index contributed by atoms with van der Waals surface area (Å²) in [6.45, 7) is 4.10. The molecule has 4 rings (SSSR count). The summed E-state index contributed by atoms with van der Waals surface area (Å²) in [4.78, 5) is 17.3. The minimum atomic E-state index is -0.0974. The first-order valence-electron chi connectivity index (χ1n) is 7.86. The van der Waals surface area contributed by atoms with Crippen LogP contribution in [-0.2, 0) is 12.3 Å². The lowest BCUT2D eigenvalue weighted by Gasteiger charge is -2.10. The fraction of sp³-hybridized carbons (Fsp3) is 0.111. The fourth-order valence-electron chi connectivity index (χ4n) is 2.49. The number of hydrogen-bond acceptors (Lipinski definition) is 7. The molecule has 0 saturated carbocycles. The van der Waals surface area contributed by atoms with Crippen LogP contribution in [0.3, 0.4) is 0 Å². The summed E-state index contributed by atoms with van der Waals surface area (Å²) in [6.07, 6.45) is 3.21. The maximum absolute atomic E-state index is 12.7. The van der Waals surface area contributed by atoms with E-state index in [1.807, 2.05) is 18.2 Å². The Morgan fingerprint density at radius 2 is 2.08 bits per heavy atom. The predicted molar refractivity (Wildman–Crippen MR) is 97.8 cm³/mol. The highest BCUT2D eigenvalue weighted by atomic mass is 32.2. The Balaban J connectivity index is 1.63. The van der Waals surface area contributed by atoms with Crippen molar-refractivity contribution in [3.05, 3.63) is 71.6 Å². The third-order valence-electron chi connectivity index (χ3n) is 3.66. The minimum Gasteiger partial charge on any atom is -0.459 e. The summed E-state index contributed by atoms with van der Waals surface area (Å²) in [7, 11) is 0. The summed E-state index contributed by atoms with van der Waals surface area (Å²) in [5.74, 6) is 1.64. The fourth-order valence-corrected chi connectivity index (χ4v) is 3.33. The zero-order chi connectivity index (χ0) is 17.9. The SMILES string of the molecule is C=CCn1c(SCc2nnc(-c3ccco3)o2)nc2ccccc2c1=O. The molecule has 0 fully saturated rings. The van der Waals surface area contributed by atoms with E-state index in [9.17, 15) is 4.79 Å². The average Bonchev–Trinajstić information content (AvgIpc) is 3.34. The highest BCUT2D eigenvalue weighted by molar-refractivity contribution is 7.98. The molecule has 1 aromatic carbocycles. The minimum absolute atomic E-state index is 0.0974. The van der Waals surface area contributed by atoms with Gasteiger partial charge in [-0.3, -0.25) is 9.36 Å². The third-order valence-corrected chi connectivity index (χ3v) is 4.62. The molecular weight excluding hydrogens is 352 g/mol. The number of hydrogen-bond donors (Lipinski definition) is 0. The van der Waals surface area contributed by atoms with Crippen molar-refractivity contribution in [2.75, 3.05) is 0 Å². The van der Waals surface area contributed by atoms with Gasteiger partial charge in [-0.1, -0.05) is 30.0 Å². The molecule has 0 N–H and O–H groups in total. The quantitative estimate of drug-likeness (QED) is 0.293. The van der Waals surface area contributed by atoms with Gasteiger partial charge in [-0.25, -0.2) is 4.98 Å². The van der Waals surface area contributed by atoms with Crippen LogP contribution < -0.4 is 5.56 Å². The molecule has 0 spiro atoms. The number of rotatable bonds is 6. The molecule has 0 radical (unpaired) electrons. The van der Waals surface area contributed by atoms with Crippen molar-refractivity contribution < 1.29 is 8.83 Å². The van der Waals surface area contributed by atoms with Crippen LogP contribution in [0.15, 0.2) is 74.1 Å². The number of nitrogens with zero attached hydrogens (tertiary/aromatic N) is 4. The summed E-state index contributed by atoms with van der Waals surface area (Å²) in [6, 6.07) is 10.8. The molecule has 0 bridgehead atoms. The highest BCUT2D eigenvalue weighted by Gasteiger charge is 2.14. The lowest BCUT2D eigenvalue weighted by Crippen LogP contribution is -2.22. The van der Waals surface area contributed by atoms with Crippen LogP contribution in [0.4, 0.5) is 0 Å². The Labute approximate surface area is 152 Å². The standard InChI is InChI=1S/C18H14N4O3S/c1-2-9-22-17(23)12-6-3-4-7-13(12)19-18(22)26-11-15-20-21-16(25-15)14-8-5-10-24-14/h2-8,10H,1,9,11H2. The molecule has 3 heterocycles. The molecule has 0 saturated heterocycles. The van der Waals surface area contributed by atoms with Gasteiger partial charge in [0, 0.05) is 6.54 Å². The van der Waals surface area contributed by atoms with E-state index >= 15 is 0 Å². The predicted octanol–water partition coefficient (Wildman–Crippen LogP) is 3.52. The number of fused-ring (bicyclic) bond motifs is 1. The van der Waals surface area contributed by atoms with Gasteiger partial charge >= 0.3 is 0 Å². The Hall–Kier alpha value is -3.13. The van der Waals surface area contributed by atoms with Gasteiger partial charge in [0.2, 0.25) is 5.89 Å². The normalized spacial score (nSPS) is 11.1. The van der Waals surface area contributed by atoms with Gasteiger partial charge in [0.05, 0.1) is 22.9 Å². The number of para-hydroxylation sites is 1. The maximum atomic E-state index is 12.7. The van der Waals surface area contributed by atoms with E-state index in [4.69, 9.17) is 8.83 Å². The molecular formula is C18H14N4O3S. The largest absolute Gasteiger partial charge is 0.459 e. The molecule has 0 aliphatic rings.